The van der Waals surface area contributed by atoms with Crippen molar-refractivity contribution in [3.8, 4) is 11.8 Å². The van der Waals surface area contributed by atoms with Crippen LogP contribution < -0.4 is 22.3 Å². The van der Waals surface area contributed by atoms with Crippen LogP contribution in [0.4, 0.5) is 26.4 Å². The van der Waals surface area contributed by atoms with Gasteiger partial charge in [-0.25, -0.2) is 13.8 Å². The van der Waals surface area contributed by atoms with Crippen molar-refractivity contribution >= 4 is 40.1 Å². The number of nitrogens with one attached hydrogen (secondary N) is 1. The lowest BCUT2D eigenvalue weighted by atomic mass is 9.83. The number of aromatic nitrogens is 4. The Kier molecular flexibility index (Phi) is 5.25. The predicted molar refractivity (Wildman–Crippen MR) is 127 cm³/mol. The zero-order valence-corrected chi connectivity index (χ0v) is 18.9. The Morgan fingerprint density at radius 1 is 1.23 bits per heavy atom. The second-order valence-electron chi connectivity index (χ2n) is 8.00. The Labute approximate surface area is 202 Å². The average molecular weight is 495 g/mol. The van der Waals surface area contributed by atoms with Crippen LogP contribution in [0, 0.1) is 23.0 Å². The lowest BCUT2D eigenvalue weighted by molar-refractivity contribution is 0.469. The third kappa shape index (κ3) is 3.41. The van der Waals surface area contributed by atoms with Gasteiger partial charge in [0.2, 0.25) is 5.95 Å². The van der Waals surface area contributed by atoms with Crippen LogP contribution in [0.1, 0.15) is 42.3 Å². The van der Waals surface area contributed by atoms with Crippen molar-refractivity contribution < 1.29 is 8.78 Å². The number of halogens is 3. The monoisotopic (exact) mass is 494 g/mol. The highest BCUT2D eigenvalue weighted by molar-refractivity contribution is 6.35. The summed E-state index contributed by atoms with van der Waals surface area (Å²) < 4.78 is 30.7. The molecule has 2 atom stereocenters. The van der Waals surface area contributed by atoms with Crippen molar-refractivity contribution in [2.75, 3.05) is 16.8 Å². The van der Waals surface area contributed by atoms with Gasteiger partial charge in [-0.15, -0.1) is 0 Å². The molecule has 2 aromatic heterocycles. The van der Waals surface area contributed by atoms with Gasteiger partial charge in [-0.05, 0) is 24.6 Å². The van der Waals surface area contributed by atoms with Gasteiger partial charge in [0.1, 0.15) is 34.9 Å². The third-order valence-electron chi connectivity index (χ3n) is 6.04. The first-order valence-electron chi connectivity index (χ1n) is 10.5. The Balaban J connectivity index is 1.86. The molecule has 9 nitrogen and oxygen atoms in total. The second kappa shape index (κ2) is 8.18. The molecule has 1 aliphatic heterocycles. The first-order valence-corrected chi connectivity index (χ1v) is 10.9. The fourth-order valence-electron chi connectivity index (χ4n) is 4.58. The highest BCUT2D eigenvalue weighted by atomic mass is 35.5. The number of nitrogens with two attached hydrogens (primary N) is 2. The standard InChI is InChI=1S/C23H17ClF2N8O/c1-2-10-16-13(26)6-9(25)7-15(16)34-21(30-14-5-3-4-12(24)17(14)22(34)35)18(10)31-20-11(8-27)19(28)32-23(29)33-20/h3-7,10,18H,2H2,1H3,(H5,28,29,31,32,33)/t10-,18+/m1/s1. The molecule has 0 saturated heterocycles. The van der Waals surface area contributed by atoms with Crippen molar-refractivity contribution in [3.63, 3.8) is 0 Å². The largest absolute Gasteiger partial charge is 0.382 e. The zero-order valence-electron chi connectivity index (χ0n) is 18.2. The molecule has 1 aliphatic rings. The summed E-state index contributed by atoms with van der Waals surface area (Å²) in [6.45, 7) is 1.81. The highest BCUT2D eigenvalue weighted by Crippen LogP contribution is 2.44. The van der Waals surface area contributed by atoms with E-state index in [-0.39, 0.29) is 50.6 Å². The molecule has 4 aromatic rings. The summed E-state index contributed by atoms with van der Waals surface area (Å²) >= 11 is 6.29. The van der Waals surface area contributed by atoms with E-state index < -0.39 is 29.2 Å². The van der Waals surface area contributed by atoms with Crippen LogP contribution in [0.3, 0.4) is 0 Å². The second-order valence-corrected chi connectivity index (χ2v) is 8.41. The van der Waals surface area contributed by atoms with E-state index in [9.17, 15) is 14.4 Å². The van der Waals surface area contributed by atoms with Gasteiger partial charge in [-0.2, -0.15) is 15.2 Å². The van der Waals surface area contributed by atoms with Crippen LogP contribution in [0.2, 0.25) is 5.02 Å². The average Bonchev–Trinajstić information content (AvgIpc) is 2.79. The molecule has 0 aliphatic carbocycles. The summed E-state index contributed by atoms with van der Waals surface area (Å²) in [5, 5.41) is 12.9. The van der Waals surface area contributed by atoms with E-state index in [1.54, 1.807) is 12.1 Å². The minimum atomic E-state index is -0.871. The van der Waals surface area contributed by atoms with Gasteiger partial charge in [0.15, 0.2) is 5.82 Å². The summed E-state index contributed by atoms with van der Waals surface area (Å²) in [6.07, 6.45) is 0.370. The summed E-state index contributed by atoms with van der Waals surface area (Å²) in [7, 11) is 0. The lowest BCUT2D eigenvalue weighted by Crippen LogP contribution is -2.37. The molecule has 0 saturated carbocycles. The molecule has 0 amide bonds. The van der Waals surface area contributed by atoms with Crippen LogP contribution in [-0.4, -0.2) is 19.5 Å². The lowest BCUT2D eigenvalue weighted by Gasteiger charge is -2.36. The molecular weight excluding hydrogens is 478 g/mol. The van der Waals surface area contributed by atoms with E-state index in [0.29, 0.717) is 11.9 Å². The van der Waals surface area contributed by atoms with Crippen LogP contribution in [0.5, 0.6) is 0 Å². The molecule has 3 heterocycles. The third-order valence-corrected chi connectivity index (χ3v) is 6.35. The predicted octanol–water partition coefficient (Wildman–Crippen LogP) is 3.80. The minimum Gasteiger partial charge on any atom is -0.382 e. The molecule has 2 aromatic carbocycles. The Hall–Kier alpha value is -4.30. The summed E-state index contributed by atoms with van der Waals surface area (Å²) in [5.74, 6) is -2.46. The van der Waals surface area contributed by atoms with Crippen molar-refractivity contribution in [1.82, 2.24) is 19.5 Å². The number of rotatable bonds is 3. The van der Waals surface area contributed by atoms with Gasteiger partial charge in [0.25, 0.3) is 5.56 Å². The number of fused-ring (bicyclic) bond motifs is 4. The van der Waals surface area contributed by atoms with Crippen LogP contribution in [-0.2, 0) is 0 Å². The van der Waals surface area contributed by atoms with Crippen LogP contribution in [0.25, 0.3) is 16.6 Å². The van der Waals surface area contributed by atoms with Crippen LogP contribution in [0.15, 0.2) is 35.1 Å². The molecule has 12 heteroatoms. The molecule has 5 rings (SSSR count). The Morgan fingerprint density at radius 3 is 2.71 bits per heavy atom. The molecule has 176 valence electrons. The summed E-state index contributed by atoms with van der Waals surface area (Å²) in [4.78, 5) is 26.2. The number of benzene rings is 2. The molecular formula is C23H17ClF2N8O. The number of nitrogens with zero attached hydrogens (tertiary/aromatic N) is 5. The van der Waals surface area contributed by atoms with Gasteiger partial charge in [0.05, 0.1) is 27.7 Å². The van der Waals surface area contributed by atoms with Gasteiger partial charge in [0, 0.05) is 17.5 Å². The molecule has 0 unspecified atom stereocenters. The summed E-state index contributed by atoms with van der Waals surface area (Å²) in [6, 6.07) is 7.70. The van der Waals surface area contributed by atoms with Crippen molar-refractivity contribution in [2.45, 2.75) is 25.3 Å². The molecule has 0 spiro atoms. The fraction of sp³-hybridized carbons (Fsp3) is 0.174. The molecule has 0 fully saturated rings. The van der Waals surface area contributed by atoms with Crippen molar-refractivity contribution in [3.05, 3.63) is 74.3 Å². The molecule has 0 radical (unpaired) electrons. The number of anilines is 3. The number of hydrogen-bond acceptors (Lipinski definition) is 8. The van der Waals surface area contributed by atoms with Crippen molar-refractivity contribution in [2.24, 2.45) is 0 Å². The van der Waals surface area contributed by atoms with E-state index in [1.807, 2.05) is 13.0 Å². The SMILES string of the molecule is CC[C@@H]1c2c(F)cc(F)cc2-n2c(nc3cccc(Cl)c3c2=O)[C@H]1Nc1nc(N)nc(N)c1C#N. The quantitative estimate of drug-likeness (QED) is 0.389. The van der Waals surface area contributed by atoms with Gasteiger partial charge in [-0.3, -0.25) is 9.36 Å². The molecule has 35 heavy (non-hydrogen) atoms. The molecule has 0 bridgehead atoms. The van der Waals surface area contributed by atoms with Crippen molar-refractivity contribution in [1.29, 1.82) is 5.26 Å². The highest BCUT2D eigenvalue weighted by Gasteiger charge is 2.39. The van der Waals surface area contributed by atoms with E-state index >= 15 is 4.39 Å². The maximum Gasteiger partial charge on any atom is 0.267 e. The first kappa shape index (κ1) is 22.5. The van der Waals surface area contributed by atoms with E-state index in [2.05, 4.69) is 20.3 Å². The summed E-state index contributed by atoms with van der Waals surface area (Å²) in [5.41, 5.74) is 11.4. The number of nitrogen functional groups attached to an aromatic ring is 2. The van der Waals surface area contributed by atoms with Gasteiger partial charge < -0.3 is 16.8 Å². The number of nitriles is 1. The van der Waals surface area contributed by atoms with Gasteiger partial charge >= 0.3 is 0 Å². The zero-order chi connectivity index (χ0) is 25.0. The maximum absolute atomic E-state index is 15.2. The Bertz CT molecular complexity index is 1630. The van der Waals surface area contributed by atoms with Gasteiger partial charge in [-0.1, -0.05) is 24.6 Å². The minimum absolute atomic E-state index is 0.00101. The fourth-order valence-corrected chi connectivity index (χ4v) is 4.83. The van der Waals surface area contributed by atoms with Crippen LogP contribution >= 0.6 is 11.6 Å². The van der Waals surface area contributed by atoms with E-state index in [0.717, 1.165) is 16.7 Å². The maximum atomic E-state index is 15.2. The van der Waals surface area contributed by atoms with E-state index in [1.165, 1.54) is 6.07 Å². The normalized spacial score (nSPS) is 16.4. The topological polar surface area (TPSA) is 149 Å². The molecule has 5 N–H and O–H groups in total. The van der Waals surface area contributed by atoms with E-state index in [4.69, 9.17) is 23.1 Å². The first-order chi connectivity index (χ1) is 16.7. The smallest absolute Gasteiger partial charge is 0.267 e. The number of hydrogen-bond donors (Lipinski definition) is 3. The Morgan fingerprint density at radius 2 is 2.00 bits per heavy atom.